The van der Waals surface area contributed by atoms with Crippen molar-refractivity contribution < 1.29 is 33.7 Å². The Morgan fingerprint density at radius 3 is 1.68 bits per heavy atom. The highest BCUT2D eigenvalue weighted by atomic mass is 16.6. The molecule has 2 atom stereocenters. The molecule has 25 heavy (non-hydrogen) atoms. The van der Waals surface area contributed by atoms with Gasteiger partial charge in [0.2, 0.25) is 0 Å². The predicted octanol–water partition coefficient (Wildman–Crippen LogP) is 2.38. The number of esters is 3. The van der Waals surface area contributed by atoms with Crippen molar-refractivity contribution in [1.82, 2.24) is 0 Å². The Morgan fingerprint density at radius 1 is 0.760 bits per heavy atom. The van der Waals surface area contributed by atoms with Crippen molar-refractivity contribution in [1.29, 1.82) is 0 Å². The van der Waals surface area contributed by atoms with Gasteiger partial charge in [0, 0.05) is 0 Å². The van der Waals surface area contributed by atoms with Gasteiger partial charge in [-0.05, 0) is 19.3 Å². The molecule has 0 rings (SSSR count). The second-order valence-corrected chi connectivity index (χ2v) is 5.87. The molecule has 0 amide bonds. The van der Waals surface area contributed by atoms with E-state index in [1.54, 1.807) is 0 Å². The van der Waals surface area contributed by atoms with Gasteiger partial charge in [-0.3, -0.25) is 9.59 Å². The summed E-state index contributed by atoms with van der Waals surface area (Å²) in [7, 11) is 0. The molecule has 0 saturated carbocycles. The van der Waals surface area contributed by atoms with E-state index in [2.05, 4.69) is 0 Å². The molecule has 0 aromatic heterocycles. The highest BCUT2D eigenvalue weighted by Gasteiger charge is 2.36. The lowest BCUT2D eigenvalue weighted by Gasteiger charge is -2.20. The van der Waals surface area contributed by atoms with E-state index in [9.17, 15) is 19.5 Å². The molecule has 2 unspecified atom stereocenters. The smallest absolute Gasteiger partial charge is 0.335 e. The van der Waals surface area contributed by atoms with Crippen molar-refractivity contribution in [2.24, 2.45) is 5.92 Å². The fraction of sp³-hybridized carbons (Fsp3) is 0.833. The summed E-state index contributed by atoms with van der Waals surface area (Å²) in [5.74, 6) is -3.68. The van der Waals surface area contributed by atoms with E-state index in [1.807, 2.05) is 20.8 Å². The van der Waals surface area contributed by atoms with Crippen molar-refractivity contribution in [2.75, 3.05) is 19.8 Å². The van der Waals surface area contributed by atoms with Crippen LogP contribution < -0.4 is 0 Å². The summed E-state index contributed by atoms with van der Waals surface area (Å²) in [6, 6.07) is 0. The summed E-state index contributed by atoms with van der Waals surface area (Å²) >= 11 is 0. The highest BCUT2D eigenvalue weighted by Crippen LogP contribution is 2.15. The largest absolute Gasteiger partial charge is 0.466 e. The molecule has 0 spiro atoms. The number of carbonyl (C=O) groups is 3. The minimum Gasteiger partial charge on any atom is -0.466 e. The molecule has 0 saturated heterocycles. The molecule has 0 aliphatic carbocycles. The van der Waals surface area contributed by atoms with E-state index >= 15 is 0 Å². The minimum atomic E-state index is -1.75. The summed E-state index contributed by atoms with van der Waals surface area (Å²) in [6.45, 7) is 6.40. The summed E-state index contributed by atoms with van der Waals surface area (Å²) < 4.78 is 15.0. The number of aliphatic hydroxyl groups excluding tert-OH is 1. The van der Waals surface area contributed by atoms with Crippen LogP contribution in [0.1, 0.15) is 65.7 Å². The van der Waals surface area contributed by atoms with Crippen LogP contribution in [0.2, 0.25) is 0 Å². The van der Waals surface area contributed by atoms with Gasteiger partial charge in [-0.2, -0.15) is 0 Å². The van der Waals surface area contributed by atoms with Crippen molar-refractivity contribution in [3.63, 3.8) is 0 Å². The lowest BCUT2D eigenvalue weighted by Crippen LogP contribution is -2.39. The molecular weight excluding hydrogens is 328 g/mol. The van der Waals surface area contributed by atoms with Crippen LogP contribution in [0.4, 0.5) is 0 Å². The SMILES string of the molecule is CCCCOC(=O)CC(C(=O)OCCCC)C(O)C(=O)OCCCC. The zero-order chi connectivity index (χ0) is 19.1. The molecule has 0 aliphatic rings. The molecule has 1 N–H and O–H groups in total. The monoisotopic (exact) mass is 360 g/mol. The normalized spacial score (nSPS) is 13.0. The number of hydrogen-bond donors (Lipinski definition) is 1. The number of rotatable bonds is 14. The maximum atomic E-state index is 12.2. The van der Waals surface area contributed by atoms with Gasteiger partial charge >= 0.3 is 17.9 Å². The Balaban J connectivity index is 4.76. The van der Waals surface area contributed by atoms with Crippen molar-refractivity contribution in [3.05, 3.63) is 0 Å². The zero-order valence-corrected chi connectivity index (χ0v) is 15.6. The van der Waals surface area contributed by atoms with Crippen LogP contribution in [0, 0.1) is 5.92 Å². The summed E-state index contributed by atoms with van der Waals surface area (Å²) in [5.41, 5.74) is 0. The number of carbonyl (C=O) groups excluding carboxylic acids is 3. The molecule has 0 aromatic carbocycles. The van der Waals surface area contributed by atoms with Gasteiger partial charge in [-0.25, -0.2) is 4.79 Å². The average molecular weight is 360 g/mol. The maximum Gasteiger partial charge on any atom is 0.335 e. The van der Waals surface area contributed by atoms with Gasteiger partial charge in [0.25, 0.3) is 0 Å². The van der Waals surface area contributed by atoms with Gasteiger partial charge in [0.15, 0.2) is 6.10 Å². The minimum absolute atomic E-state index is 0.158. The zero-order valence-electron chi connectivity index (χ0n) is 15.6. The third-order valence-corrected chi connectivity index (χ3v) is 3.56. The Labute approximate surface area is 150 Å². The number of ether oxygens (including phenoxy) is 3. The molecule has 0 aliphatic heterocycles. The van der Waals surface area contributed by atoms with E-state index in [0.717, 1.165) is 19.3 Å². The van der Waals surface area contributed by atoms with Crippen LogP contribution in [-0.2, 0) is 28.6 Å². The average Bonchev–Trinajstić information content (AvgIpc) is 2.59. The first-order chi connectivity index (χ1) is 12.0. The first kappa shape index (κ1) is 23.4. The van der Waals surface area contributed by atoms with E-state index in [-0.39, 0.29) is 19.8 Å². The van der Waals surface area contributed by atoms with Gasteiger partial charge in [-0.15, -0.1) is 0 Å². The van der Waals surface area contributed by atoms with Crippen molar-refractivity contribution in [2.45, 2.75) is 71.8 Å². The molecule has 7 nitrogen and oxygen atoms in total. The maximum absolute atomic E-state index is 12.2. The number of hydrogen-bond acceptors (Lipinski definition) is 7. The topological polar surface area (TPSA) is 99.1 Å². The van der Waals surface area contributed by atoms with Gasteiger partial charge in [-0.1, -0.05) is 40.0 Å². The van der Waals surface area contributed by atoms with E-state index in [0.29, 0.717) is 19.3 Å². The van der Waals surface area contributed by atoms with Crippen LogP contribution in [-0.4, -0.2) is 48.9 Å². The van der Waals surface area contributed by atoms with E-state index < -0.39 is 36.4 Å². The second-order valence-electron chi connectivity index (χ2n) is 5.87. The Morgan fingerprint density at radius 2 is 1.20 bits per heavy atom. The number of unbranched alkanes of at least 4 members (excludes halogenated alkanes) is 3. The highest BCUT2D eigenvalue weighted by molar-refractivity contribution is 5.87. The molecule has 0 aromatic rings. The second kappa shape index (κ2) is 14.7. The van der Waals surface area contributed by atoms with Gasteiger partial charge < -0.3 is 19.3 Å². The quantitative estimate of drug-likeness (QED) is 0.288. The van der Waals surface area contributed by atoms with Crippen molar-refractivity contribution in [3.8, 4) is 0 Å². The summed E-state index contributed by atoms with van der Waals surface area (Å²) in [6.07, 6.45) is 2.39. The molecule has 0 fully saturated rings. The third kappa shape index (κ3) is 10.8. The van der Waals surface area contributed by atoms with Crippen molar-refractivity contribution >= 4 is 17.9 Å². The fourth-order valence-electron chi connectivity index (χ4n) is 1.88. The number of aliphatic hydroxyl groups is 1. The predicted molar refractivity (Wildman–Crippen MR) is 91.7 cm³/mol. The summed E-state index contributed by atoms with van der Waals surface area (Å²) in [5, 5.41) is 10.1. The van der Waals surface area contributed by atoms with E-state index in [4.69, 9.17) is 14.2 Å². The fourth-order valence-corrected chi connectivity index (χ4v) is 1.88. The lowest BCUT2D eigenvalue weighted by atomic mass is 9.98. The standard InChI is InChI=1S/C18H32O7/c1-4-7-10-23-15(19)13-14(17(21)24-11-8-5-2)16(20)18(22)25-12-9-6-3/h14,16,20H,4-13H2,1-3H3. The summed E-state index contributed by atoms with van der Waals surface area (Å²) in [4.78, 5) is 35.9. The Kier molecular flexibility index (Phi) is 13.7. The lowest BCUT2D eigenvalue weighted by molar-refractivity contribution is -0.169. The first-order valence-corrected chi connectivity index (χ1v) is 9.14. The first-order valence-electron chi connectivity index (χ1n) is 9.14. The van der Waals surface area contributed by atoms with Crippen LogP contribution in [0.25, 0.3) is 0 Å². The van der Waals surface area contributed by atoms with Gasteiger partial charge in [0.05, 0.1) is 26.2 Å². The molecule has 0 bridgehead atoms. The van der Waals surface area contributed by atoms with Crippen LogP contribution in [0.5, 0.6) is 0 Å². The molecule has 146 valence electrons. The van der Waals surface area contributed by atoms with Crippen LogP contribution in [0.15, 0.2) is 0 Å². The Hall–Kier alpha value is -1.63. The van der Waals surface area contributed by atoms with Gasteiger partial charge in [0.1, 0.15) is 5.92 Å². The molecular formula is C18H32O7. The molecule has 0 radical (unpaired) electrons. The Bertz CT molecular complexity index is 395. The molecule has 0 heterocycles. The van der Waals surface area contributed by atoms with Crippen LogP contribution in [0.3, 0.4) is 0 Å². The van der Waals surface area contributed by atoms with E-state index in [1.165, 1.54) is 0 Å². The van der Waals surface area contributed by atoms with Crippen LogP contribution >= 0.6 is 0 Å². The molecule has 7 heteroatoms. The third-order valence-electron chi connectivity index (χ3n) is 3.56.